The first-order valence-corrected chi connectivity index (χ1v) is 6.89. The van der Waals surface area contributed by atoms with Gasteiger partial charge in [0.25, 0.3) is 0 Å². The Kier molecular flexibility index (Phi) is 5.10. The maximum atomic E-state index is 12.0. The highest BCUT2D eigenvalue weighted by atomic mass is 79.9. The van der Waals surface area contributed by atoms with Crippen molar-refractivity contribution in [3.05, 3.63) is 0 Å². The number of hydrogen-bond donors (Lipinski definition) is 0. The van der Waals surface area contributed by atoms with E-state index in [2.05, 4.69) is 29.8 Å². The summed E-state index contributed by atoms with van der Waals surface area (Å²) in [4.78, 5) is 14.6. The van der Waals surface area contributed by atoms with Gasteiger partial charge in [-0.3, -0.25) is 4.79 Å². The van der Waals surface area contributed by atoms with Gasteiger partial charge >= 0.3 is 0 Å². The number of amides is 1. The van der Waals surface area contributed by atoms with Gasteiger partial charge in [-0.1, -0.05) is 29.8 Å². The lowest BCUT2D eigenvalue weighted by molar-refractivity contribution is -0.135. The van der Waals surface area contributed by atoms with Crippen molar-refractivity contribution in [1.29, 1.82) is 0 Å². The highest BCUT2D eigenvalue weighted by molar-refractivity contribution is 9.09. The van der Waals surface area contributed by atoms with Crippen LogP contribution in [0.3, 0.4) is 0 Å². The van der Waals surface area contributed by atoms with Crippen LogP contribution in [0.4, 0.5) is 0 Å². The van der Waals surface area contributed by atoms with Crippen LogP contribution in [-0.4, -0.2) is 29.2 Å². The fourth-order valence-electron chi connectivity index (χ4n) is 2.23. The molecule has 1 rings (SSSR count). The third-order valence-electron chi connectivity index (χ3n) is 3.42. The van der Waals surface area contributed by atoms with Crippen LogP contribution in [0.25, 0.3) is 0 Å². The summed E-state index contributed by atoms with van der Waals surface area (Å²) in [6.45, 7) is 5.13. The van der Waals surface area contributed by atoms with Crippen molar-refractivity contribution in [2.24, 2.45) is 11.8 Å². The Bertz CT molecular complexity index is 210. The Labute approximate surface area is 102 Å². The molecule has 0 saturated heterocycles. The quantitative estimate of drug-likeness (QED) is 0.707. The van der Waals surface area contributed by atoms with Gasteiger partial charge in [0.2, 0.25) is 5.91 Å². The molecule has 0 aromatic heterocycles. The molecule has 0 spiro atoms. The van der Waals surface area contributed by atoms with Crippen molar-refractivity contribution < 1.29 is 4.79 Å². The van der Waals surface area contributed by atoms with E-state index in [0.717, 1.165) is 25.3 Å². The second-order valence-corrected chi connectivity index (χ2v) is 5.96. The number of alkyl halides is 1. The number of halogens is 1. The van der Waals surface area contributed by atoms with Crippen molar-refractivity contribution in [1.82, 2.24) is 4.90 Å². The molecule has 0 atom stereocenters. The molecule has 0 radical (unpaired) electrons. The smallest absolute Gasteiger partial charge is 0.225 e. The van der Waals surface area contributed by atoms with Crippen LogP contribution >= 0.6 is 15.9 Å². The monoisotopic (exact) mass is 275 g/mol. The molecule has 1 saturated carbocycles. The largest absolute Gasteiger partial charge is 0.345 e. The van der Waals surface area contributed by atoms with Gasteiger partial charge in [0.1, 0.15) is 0 Å². The summed E-state index contributed by atoms with van der Waals surface area (Å²) in [6, 6.07) is 0. The van der Waals surface area contributed by atoms with E-state index in [-0.39, 0.29) is 5.92 Å². The first-order valence-electron chi connectivity index (χ1n) is 5.97. The third kappa shape index (κ3) is 3.47. The summed E-state index contributed by atoms with van der Waals surface area (Å²) in [6.07, 6.45) is 4.37. The van der Waals surface area contributed by atoms with Crippen molar-refractivity contribution in [3.8, 4) is 0 Å². The van der Waals surface area contributed by atoms with E-state index >= 15 is 0 Å². The molecule has 0 aliphatic heterocycles. The molecule has 1 aliphatic carbocycles. The first kappa shape index (κ1) is 13.0. The number of rotatable bonds is 5. The molecule has 3 heteroatoms. The van der Waals surface area contributed by atoms with E-state index in [1.807, 2.05) is 11.9 Å². The molecule has 1 fully saturated rings. The average Bonchev–Trinajstić information content (AvgIpc) is 2.17. The zero-order valence-electron chi connectivity index (χ0n) is 10.0. The maximum Gasteiger partial charge on any atom is 0.225 e. The van der Waals surface area contributed by atoms with Gasteiger partial charge < -0.3 is 4.90 Å². The SMILES string of the molecule is CCC(CC)C(=O)N(C)CC1CC(Br)C1. The molecule has 0 bridgehead atoms. The zero-order chi connectivity index (χ0) is 11.4. The van der Waals surface area contributed by atoms with Crippen LogP contribution in [0.5, 0.6) is 0 Å². The minimum atomic E-state index is 0.231. The van der Waals surface area contributed by atoms with E-state index < -0.39 is 0 Å². The van der Waals surface area contributed by atoms with Crippen molar-refractivity contribution in [2.45, 2.75) is 44.4 Å². The van der Waals surface area contributed by atoms with Gasteiger partial charge in [0.15, 0.2) is 0 Å². The average molecular weight is 276 g/mol. The molecule has 1 amide bonds. The molecule has 2 nitrogen and oxygen atoms in total. The Hall–Kier alpha value is -0.0500. The van der Waals surface area contributed by atoms with Crippen molar-refractivity contribution >= 4 is 21.8 Å². The normalized spacial score (nSPS) is 25.1. The van der Waals surface area contributed by atoms with Crippen LogP contribution < -0.4 is 0 Å². The van der Waals surface area contributed by atoms with Gasteiger partial charge in [0, 0.05) is 24.3 Å². The van der Waals surface area contributed by atoms with E-state index in [0.29, 0.717) is 10.7 Å². The fraction of sp³-hybridized carbons (Fsp3) is 0.917. The molecule has 0 N–H and O–H groups in total. The van der Waals surface area contributed by atoms with Gasteiger partial charge in [-0.25, -0.2) is 0 Å². The highest BCUT2D eigenvalue weighted by Crippen LogP contribution is 2.33. The number of hydrogen-bond acceptors (Lipinski definition) is 1. The Balaban J connectivity index is 2.32. The molecular weight excluding hydrogens is 254 g/mol. The minimum Gasteiger partial charge on any atom is -0.345 e. The summed E-state index contributed by atoms with van der Waals surface area (Å²) < 4.78 is 0. The van der Waals surface area contributed by atoms with Gasteiger partial charge in [-0.2, -0.15) is 0 Å². The first-order chi connectivity index (χ1) is 7.08. The second kappa shape index (κ2) is 5.88. The van der Waals surface area contributed by atoms with Crippen LogP contribution in [0, 0.1) is 11.8 Å². The van der Waals surface area contributed by atoms with Gasteiger partial charge in [0.05, 0.1) is 0 Å². The number of carbonyl (C=O) groups excluding carboxylic acids is 1. The molecule has 0 aromatic carbocycles. The molecular formula is C12H22BrNO. The molecule has 88 valence electrons. The zero-order valence-corrected chi connectivity index (χ0v) is 11.6. The van der Waals surface area contributed by atoms with Gasteiger partial charge in [-0.15, -0.1) is 0 Å². The van der Waals surface area contributed by atoms with E-state index in [4.69, 9.17) is 0 Å². The van der Waals surface area contributed by atoms with Crippen LogP contribution in [0.15, 0.2) is 0 Å². The predicted molar refractivity (Wildman–Crippen MR) is 67.1 cm³/mol. The summed E-state index contributed by atoms with van der Waals surface area (Å²) >= 11 is 3.58. The van der Waals surface area contributed by atoms with Crippen LogP contribution in [0.1, 0.15) is 39.5 Å². The third-order valence-corrected chi connectivity index (χ3v) is 4.17. The summed E-state index contributed by atoms with van der Waals surface area (Å²) in [5, 5.41) is 0. The Morgan fingerprint density at radius 3 is 2.33 bits per heavy atom. The minimum absolute atomic E-state index is 0.231. The molecule has 0 unspecified atom stereocenters. The maximum absolute atomic E-state index is 12.0. The fourth-order valence-corrected chi connectivity index (χ4v) is 3.29. The summed E-state index contributed by atoms with van der Waals surface area (Å²) in [5.41, 5.74) is 0. The van der Waals surface area contributed by atoms with E-state index in [1.165, 1.54) is 12.8 Å². The van der Waals surface area contributed by atoms with Crippen LogP contribution in [-0.2, 0) is 4.79 Å². The lowest BCUT2D eigenvalue weighted by Crippen LogP contribution is -2.40. The molecule has 15 heavy (non-hydrogen) atoms. The lowest BCUT2D eigenvalue weighted by atomic mass is 9.84. The molecule has 0 aromatic rings. The van der Waals surface area contributed by atoms with E-state index in [9.17, 15) is 4.79 Å². The lowest BCUT2D eigenvalue weighted by Gasteiger charge is -2.35. The van der Waals surface area contributed by atoms with Crippen molar-refractivity contribution in [2.75, 3.05) is 13.6 Å². The molecule has 1 aliphatic rings. The second-order valence-electron chi connectivity index (χ2n) is 4.67. The topological polar surface area (TPSA) is 20.3 Å². The summed E-state index contributed by atoms with van der Waals surface area (Å²) in [7, 11) is 1.95. The van der Waals surface area contributed by atoms with Crippen molar-refractivity contribution in [3.63, 3.8) is 0 Å². The standard InChI is InChI=1S/C12H22BrNO/c1-4-10(5-2)12(15)14(3)8-9-6-11(13)7-9/h9-11H,4-8H2,1-3H3. The Morgan fingerprint density at radius 1 is 1.40 bits per heavy atom. The number of carbonyl (C=O) groups is 1. The summed E-state index contributed by atoms with van der Waals surface area (Å²) in [5.74, 6) is 1.28. The Morgan fingerprint density at radius 2 is 1.93 bits per heavy atom. The highest BCUT2D eigenvalue weighted by Gasteiger charge is 2.29. The van der Waals surface area contributed by atoms with Crippen LogP contribution in [0.2, 0.25) is 0 Å². The van der Waals surface area contributed by atoms with Gasteiger partial charge in [-0.05, 0) is 31.6 Å². The predicted octanol–water partition coefficient (Wildman–Crippen LogP) is 3.05. The number of nitrogens with zero attached hydrogens (tertiary/aromatic N) is 1. The molecule has 0 heterocycles. The van der Waals surface area contributed by atoms with E-state index in [1.54, 1.807) is 0 Å².